The van der Waals surface area contributed by atoms with Crippen LogP contribution in [0, 0.1) is 0 Å². The fraction of sp³-hybridized carbons (Fsp3) is 0.619. The van der Waals surface area contributed by atoms with E-state index in [0.717, 1.165) is 165 Å². The van der Waals surface area contributed by atoms with E-state index < -0.39 is 23.9 Å². The van der Waals surface area contributed by atoms with Gasteiger partial charge < -0.3 is 39.4 Å². The highest BCUT2D eigenvalue weighted by atomic mass is 32.2. The number of rotatable bonds is 66. The zero-order valence-corrected chi connectivity index (χ0v) is 64.8. The number of allylic oxidation sites excluding steroid dienone is 22. The van der Waals surface area contributed by atoms with E-state index in [-0.39, 0.29) is 98.7 Å². The van der Waals surface area contributed by atoms with Crippen LogP contribution >= 0.6 is 23.5 Å². The number of unbranched alkanes of at least 4 members (excludes halogenated alkanes) is 12. The fourth-order valence-electron chi connectivity index (χ4n) is 10.3. The number of esters is 4. The van der Waals surface area contributed by atoms with Gasteiger partial charge in [0.05, 0.1) is 38.9 Å². The van der Waals surface area contributed by atoms with Crippen molar-refractivity contribution < 1.29 is 57.3 Å². The Morgan fingerprint density at radius 3 is 0.902 bits per heavy atom. The van der Waals surface area contributed by atoms with Crippen LogP contribution in [0.4, 0.5) is 0 Å². The minimum atomic E-state index is -0.915. The molecule has 102 heavy (non-hydrogen) atoms. The molecule has 0 aromatic rings. The third-order valence-electron chi connectivity index (χ3n) is 16.3. The molecule has 0 aromatic heterocycles. The van der Waals surface area contributed by atoms with Crippen molar-refractivity contribution in [3.63, 3.8) is 0 Å². The first kappa shape index (κ1) is 93.7. The molecule has 1 aliphatic rings. The van der Waals surface area contributed by atoms with Gasteiger partial charge >= 0.3 is 23.9 Å². The van der Waals surface area contributed by atoms with Gasteiger partial charge in [0.1, 0.15) is 25.3 Å². The lowest BCUT2D eigenvalue weighted by Gasteiger charge is -2.29. The van der Waals surface area contributed by atoms with E-state index in [1.165, 1.54) is 25.7 Å². The van der Waals surface area contributed by atoms with E-state index in [1.54, 1.807) is 0 Å². The van der Waals surface area contributed by atoms with Gasteiger partial charge in [-0.2, -0.15) is 0 Å². The van der Waals surface area contributed by atoms with Gasteiger partial charge in [-0.25, -0.2) is 0 Å². The van der Waals surface area contributed by atoms with E-state index in [0.29, 0.717) is 64.0 Å². The number of nitrogens with one attached hydrogen (secondary N) is 2. The highest BCUT2D eigenvalue weighted by molar-refractivity contribution is 8.13. The lowest BCUT2D eigenvalue weighted by Crippen LogP contribution is -2.61. The van der Waals surface area contributed by atoms with Crippen molar-refractivity contribution in [1.82, 2.24) is 20.4 Å². The molecule has 0 saturated carbocycles. The Morgan fingerprint density at radius 2 is 0.588 bits per heavy atom. The summed E-state index contributed by atoms with van der Waals surface area (Å²) in [6.45, 7) is 11.7. The molecule has 0 aliphatic carbocycles. The van der Waals surface area contributed by atoms with Gasteiger partial charge in [-0.1, -0.05) is 248 Å². The summed E-state index contributed by atoms with van der Waals surface area (Å²) in [5, 5.41) is 5.16. The molecule has 2 unspecified atom stereocenters. The maximum absolute atomic E-state index is 13.2. The van der Waals surface area contributed by atoms with Gasteiger partial charge in [0.25, 0.3) is 0 Å². The molecule has 572 valence electrons. The number of hydrogen-bond acceptors (Lipinski definition) is 16. The Kier molecular flexibility index (Phi) is 65.8. The second-order valence-electron chi connectivity index (χ2n) is 25.1. The summed E-state index contributed by atoms with van der Waals surface area (Å²) < 4.78 is 22.0. The number of carbonyl (C=O) groups is 8. The Hall–Kier alpha value is -6.34. The number of piperazine rings is 1. The summed E-state index contributed by atoms with van der Waals surface area (Å²) >= 11 is 2.19. The monoisotopic (exact) mass is 1450 g/mol. The van der Waals surface area contributed by atoms with Crippen LogP contribution in [0.2, 0.25) is 0 Å². The van der Waals surface area contributed by atoms with E-state index >= 15 is 0 Å². The summed E-state index contributed by atoms with van der Waals surface area (Å²) in [5.74, 6) is -1.46. The van der Waals surface area contributed by atoms with E-state index in [1.807, 2.05) is 34.1 Å². The second-order valence-corrected chi connectivity index (χ2v) is 27.4. The first-order valence-corrected chi connectivity index (χ1v) is 40.7. The molecular formula is C84H132N4O12S2. The van der Waals surface area contributed by atoms with Crippen LogP contribution < -0.4 is 10.6 Å². The maximum atomic E-state index is 13.2. The molecule has 1 saturated heterocycles. The average Bonchev–Trinajstić information content (AvgIpc) is 0.845. The molecule has 2 amide bonds. The number of carbonyl (C=O) groups excluding carboxylic acids is 8. The summed E-state index contributed by atoms with van der Waals surface area (Å²) in [6.07, 6.45) is 77.9. The lowest BCUT2D eigenvalue weighted by molar-refractivity contribution is -0.145. The van der Waals surface area contributed by atoms with Crippen LogP contribution in [-0.4, -0.2) is 145 Å². The number of ether oxygens (including phenoxy) is 4. The zero-order chi connectivity index (χ0) is 74.1. The third kappa shape index (κ3) is 62.2. The molecule has 2 atom stereocenters. The van der Waals surface area contributed by atoms with E-state index in [2.05, 4.69) is 160 Å². The Balaban J connectivity index is 2.65. The molecule has 0 radical (unpaired) electrons. The molecule has 1 aliphatic heterocycles. The molecule has 1 rings (SSSR count). The van der Waals surface area contributed by atoms with Gasteiger partial charge in [0, 0.05) is 63.6 Å². The normalized spacial score (nSPS) is 14.7. The second kappa shape index (κ2) is 71.6. The number of amides is 2. The zero-order valence-electron chi connectivity index (χ0n) is 63.1. The van der Waals surface area contributed by atoms with Gasteiger partial charge in [-0.15, -0.1) is 0 Å². The molecular weight excluding hydrogens is 1320 g/mol. The van der Waals surface area contributed by atoms with Gasteiger partial charge in [0.2, 0.25) is 11.8 Å². The SMILES string of the molecule is CC/C=C\C/C=C\C/C=C\CCCCCCCCOC(=O)CCN(CCSC(=O)CCC1NC(=O)C(CCC(=O)SCCN(CCC(=O)OC/C=C\C/C=C\C/C=C\CC)CCC(=O)OCCCCCCCC/C=C\C/C=C\C/C=C\CC)NC1=O)CCC(=O)OC/C=C\C/C=C\C/C=C\CC. The maximum Gasteiger partial charge on any atom is 0.307 e. The molecule has 2 N–H and O–H groups in total. The molecule has 18 heteroatoms. The average molecular weight is 1450 g/mol. The van der Waals surface area contributed by atoms with Crippen LogP contribution in [0.1, 0.15) is 246 Å². The first-order chi connectivity index (χ1) is 49.9. The van der Waals surface area contributed by atoms with E-state index in [4.69, 9.17) is 18.9 Å². The molecule has 1 heterocycles. The Morgan fingerprint density at radius 1 is 0.324 bits per heavy atom. The fourth-order valence-corrected chi connectivity index (χ4v) is 12.0. The molecule has 0 aromatic carbocycles. The summed E-state index contributed by atoms with van der Waals surface area (Å²) in [5.41, 5.74) is 0. The number of thioether (sulfide) groups is 2. The minimum Gasteiger partial charge on any atom is -0.466 e. The van der Waals surface area contributed by atoms with Crippen molar-refractivity contribution in [3.05, 3.63) is 146 Å². The summed E-state index contributed by atoms with van der Waals surface area (Å²) in [6, 6.07) is -1.83. The van der Waals surface area contributed by atoms with Crippen LogP contribution in [-0.2, 0) is 57.3 Å². The Labute approximate surface area is 624 Å². The predicted molar refractivity (Wildman–Crippen MR) is 425 cm³/mol. The standard InChI is InChI=1S/C84H132N4O12S2/c1-5-9-13-17-21-25-27-29-31-33-35-37-41-45-49-53-71-99-79(91)61-65-87(63-59-77(89)97-69-51-47-43-39-23-19-15-11-7-3)67-73-101-81(93)57-55-75-83(95)86-76(84(96)85-75)56-58-82(94)102-74-68-88(64-60-78(90)98-70-52-48-44-40-24-20-16-12-8-4)66-62-80(92)100-72-54-50-46-42-38-36-34-32-30-28-26-22-18-14-10-6-2/h9-16,21-26,29-32,39-40,47-48,51-52,75-76H,5-8,17-20,27-28,33-38,41-46,49-50,53-74H2,1-4H3,(H,85,96)(H,86,95)/b13-9-,14-10-,15-11-,16-12-,25-21-,26-22-,31-29-,32-30-,39-23-,40-24-,51-47-,52-48-. The van der Waals surface area contributed by atoms with Crippen LogP contribution in [0.5, 0.6) is 0 Å². The summed E-state index contributed by atoms with van der Waals surface area (Å²) in [4.78, 5) is 108. The van der Waals surface area contributed by atoms with Crippen LogP contribution in [0.15, 0.2) is 146 Å². The van der Waals surface area contributed by atoms with Crippen molar-refractivity contribution in [2.45, 2.75) is 258 Å². The molecule has 16 nitrogen and oxygen atoms in total. The van der Waals surface area contributed by atoms with Crippen molar-refractivity contribution in [2.24, 2.45) is 0 Å². The smallest absolute Gasteiger partial charge is 0.307 e. The minimum absolute atomic E-state index is 0.0242. The quantitative estimate of drug-likeness (QED) is 0.0251. The Bertz CT molecular complexity index is 2430. The number of hydrogen-bond donors (Lipinski definition) is 2. The first-order valence-electron chi connectivity index (χ1n) is 38.7. The van der Waals surface area contributed by atoms with Crippen LogP contribution in [0.3, 0.4) is 0 Å². The van der Waals surface area contributed by atoms with Gasteiger partial charge in [-0.05, 0) is 128 Å². The molecule has 0 spiro atoms. The lowest BCUT2D eigenvalue weighted by atomic mass is 10.0. The number of nitrogens with zero attached hydrogens (tertiary/aromatic N) is 2. The van der Waals surface area contributed by atoms with Gasteiger partial charge in [-0.3, -0.25) is 38.4 Å². The molecule has 0 bridgehead atoms. The topological polar surface area (TPSA) is 204 Å². The molecule has 1 fully saturated rings. The third-order valence-corrected chi connectivity index (χ3v) is 18.1. The van der Waals surface area contributed by atoms with Crippen LogP contribution in [0.25, 0.3) is 0 Å². The van der Waals surface area contributed by atoms with Crippen molar-refractivity contribution in [1.29, 1.82) is 0 Å². The van der Waals surface area contributed by atoms with Crippen molar-refractivity contribution in [3.8, 4) is 0 Å². The van der Waals surface area contributed by atoms with Gasteiger partial charge in [0.15, 0.2) is 10.2 Å². The van der Waals surface area contributed by atoms with Crippen molar-refractivity contribution in [2.75, 3.05) is 77.2 Å². The highest BCUT2D eigenvalue weighted by Gasteiger charge is 2.34. The highest BCUT2D eigenvalue weighted by Crippen LogP contribution is 2.17. The van der Waals surface area contributed by atoms with Crippen molar-refractivity contribution >= 4 is 69.4 Å². The van der Waals surface area contributed by atoms with E-state index in [9.17, 15) is 38.4 Å². The summed E-state index contributed by atoms with van der Waals surface area (Å²) in [7, 11) is 0. The largest absolute Gasteiger partial charge is 0.466 e. The predicted octanol–water partition coefficient (Wildman–Crippen LogP) is 18.3.